The molecule has 8 N–H and O–H groups in total. The summed E-state index contributed by atoms with van der Waals surface area (Å²) in [5.74, 6) is -1.86. The number of rotatable bonds is 11. The van der Waals surface area contributed by atoms with Crippen molar-refractivity contribution in [3.8, 4) is 23.0 Å². The average molecular weight is 940 g/mol. The van der Waals surface area contributed by atoms with Crippen LogP contribution in [0.15, 0.2) is 131 Å². The molecule has 0 aliphatic carbocycles. The van der Waals surface area contributed by atoms with E-state index in [2.05, 4.69) is 25.8 Å². The van der Waals surface area contributed by atoms with Gasteiger partial charge in [-0.25, -0.2) is 0 Å². The lowest BCUT2D eigenvalue weighted by Gasteiger charge is -2.13. The Bertz CT molecular complexity index is 3630. The number of anilines is 2. The van der Waals surface area contributed by atoms with Gasteiger partial charge in [0.1, 0.15) is 33.5 Å². The Labute approximate surface area is 356 Å². The molecule has 25 heteroatoms. The van der Waals surface area contributed by atoms with Gasteiger partial charge < -0.3 is 25.4 Å². The van der Waals surface area contributed by atoms with E-state index in [9.17, 15) is 67.2 Å². The van der Waals surface area contributed by atoms with Gasteiger partial charge in [-0.1, -0.05) is 0 Å². The second-order valence-electron chi connectivity index (χ2n) is 13.6. The summed E-state index contributed by atoms with van der Waals surface area (Å²) in [6.45, 7) is 1.52. The van der Waals surface area contributed by atoms with Gasteiger partial charge in [-0.15, -0.1) is 15.3 Å². The number of benzene rings is 7. The van der Waals surface area contributed by atoms with Gasteiger partial charge in [0.05, 0.1) is 38.6 Å². The molecular formula is C38H29N5O16S4. The van der Waals surface area contributed by atoms with Crippen LogP contribution in [0.4, 0.5) is 34.1 Å². The third kappa shape index (κ3) is 9.06. The van der Waals surface area contributed by atoms with E-state index in [-0.39, 0.29) is 55.1 Å². The van der Waals surface area contributed by atoms with E-state index >= 15 is 0 Å². The van der Waals surface area contributed by atoms with E-state index in [1.165, 1.54) is 56.5 Å². The minimum Gasteiger partial charge on any atom is -0.507 e. The largest absolute Gasteiger partial charge is 0.507 e. The number of fused-ring (bicyclic) bond motifs is 3. The number of aryl methyl sites for hydroxylation is 1. The molecule has 0 bridgehead atoms. The first-order chi connectivity index (χ1) is 29.3. The van der Waals surface area contributed by atoms with Crippen molar-refractivity contribution in [2.75, 3.05) is 12.4 Å². The van der Waals surface area contributed by atoms with Crippen LogP contribution in [0.2, 0.25) is 0 Å². The molecule has 0 amide bonds. The van der Waals surface area contributed by atoms with Crippen LogP contribution in [0.3, 0.4) is 0 Å². The van der Waals surface area contributed by atoms with Crippen molar-refractivity contribution in [1.29, 1.82) is 0 Å². The quantitative estimate of drug-likeness (QED) is 0.0448. The van der Waals surface area contributed by atoms with Gasteiger partial charge in [-0.05, 0) is 101 Å². The highest BCUT2D eigenvalue weighted by Gasteiger charge is 2.24. The summed E-state index contributed by atoms with van der Waals surface area (Å²) >= 11 is 0. The number of hydrogen-bond acceptors (Lipinski definition) is 17. The van der Waals surface area contributed by atoms with Crippen molar-refractivity contribution in [3.63, 3.8) is 0 Å². The summed E-state index contributed by atoms with van der Waals surface area (Å²) in [6.07, 6.45) is 0. The number of phenols is 3. The minimum absolute atomic E-state index is 0.0435. The van der Waals surface area contributed by atoms with E-state index < -0.39 is 83.0 Å². The fourth-order valence-electron chi connectivity index (χ4n) is 6.46. The molecule has 21 nitrogen and oxygen atoms in total. The summed E-state index contributed by atoms with van der Waals surface area (Å²) in [5, 5.41) is 51.7. The zero-order valence-corrected chi connectivity index (χ0v) is 35.2. The highest BCUT2D eigenvalue weighted by molar-refractivity contribution is 7.86. The molecule has 0 unspecified atom stereocenters. The molecule has 0 aromatic heterocycles. The molecule has 0 aliphatic heterocycles. The second-order valence-corrected chi connectivity index (χ2v) is 19.3. The zero-order valence-electron chi connectivity index (χ0n) is 31.9. The Hall–Kier alpha value is -6.84. The topological polar surface area (TPSA) is 349 Å². The Balaban J connectivity index is 1.24. The molecule has 7 rings (SSSR count). The van der Waals surface area contributed by atoms with E-state index in [1.807, 2.05) is 0 Å². The molecule has 0 saturated heterocycles. The lowest BCUT2D eigenvalue weighted by Crippen LogP contribution is -2.00. The van der Waals surface area contributed by atoms with Crippen molar-refractivity contribution in [2.24, 2.45) is 20.5 Å². The monoisotopic (exact) mass is 939 g/mol. The number of aromatic hydroxyl groups is 3. The van der Waals surface area contributed by atoms with Gasteiger partial charge in [0, 0.05) is 40.3 Å². The first-order valence-corrected chi connectivity index (χ1v) is 23.1. The van der Waals surface area contributed by atoms with Gasteiger partial charge in [-0.3, -0.25) is 18.2 Å². The van der Waals surface area contributed by atoms with Crippen LogP contribution in [-0.4, -0.2) is 74.3 Å². The summed E-state index contributed by atoms with van der Waals surface area (Å²) in [5.41, 5.74) is 0.0449. The van der Waals surface area contributed by atoms with Crippen LogP contribution in [-0.2, 0) is 40.5 Å². The van der Waals surface area contributed by atoms with Crippen LogP contribution in [0.5, 0.6) is 23.0 Å². The highest BCUT2D eigenvalue weighted by Crippen LogP contribution is 2.45. The van der Waals surface area contributed by atoms with Crippen LogP contribution >= 0.6 is 0 Å². The third-order valence-electron chi connectivity index (χ3n) is 9.39. The standard InChI is InChI=1S/C38H29N5O16S4/c1-18-7-30(34(59-2)17-29(18)40-42-31-14-24(60(47,48)49)11-21-12-26(62(53,54)55)16-33(45)36(21)31)41-43-37-35(63(56,57)58)13-20-9-23(4-6-28(20)38(37)46)39-22-3-5-27-19(8-22)10-25(15-32(27)44)61(50,51)52/h3-17,39,44-46H,1-2H3,(H,47,48,49)(H,50,51,52)(H,53,54,55)(H,56,57,58). The lowest BCUT2D eigenvalue weighted by atomic mass is 10.1. The number of hydrogen-bond donors (Lipinski definition) is 8. The Morgan fingerprint density at radius 2 is 1.02 bits per heavy atom. The Kier molecular flexibility index (Phi) is 11.1. The summed E-state index contributed by atoms with van der Waals surface area (Å²) in [6, 6.07) is 17.9. The summed E-state index contributed by atoms with van der Waals surface area (Å²) < 4.78 is 141. The average Bonchev–Trinajstić information content (AvgIpc) is 3.18. The number of nitrogens with one attached hydrogen (secondary N) is 1. The molecule has 0 aliphatic rings. The molecule has 63 heavy (non-hydrogen) atoms. The predicted octanol–water partition coefficient (Wildman–Crippen LogP) is 8.14. The van der Waals surface area contributed by atoms with E-state index in [4.69, 9.17) is 4.74 Å². The fraction of sp³-hybridized carbons (Fsp3) is 0.0526. The van der Waals surface area contributed by atoms with E-state index in [0.717, 1.165) is 36.4 Å². The second kappa shape index (κ2) is 15.8. The Morgan fingerprint density at radius 3 is 1.59 bits per heavy atom. The van der Waals surface area contributed by atoms with E-state index in [0.29, 0.717) is 23.0 Å². The molecule has 0 fully saturated rings. The van der Waals surface area contributed by atoms with Crippen LogP contribution in [0.25, 0.3) is 32.3 Å². The van der Waals surface area contributed by atoms with Crippen LogP contribution in [0.1, 0.15) is 5.56 Å². The highest BCUT2D eigenvalue weighted by atomic mass is 32.2. The van der Waals surface area contributed by atoms with Crippen molar-refractivity contribution >= 4 is 107 Å². The van der Waals surface area contributed by atoms with Gasteiger partial charge in [0.25, 0.3) is 40.5 Å². The maximum absolute atomic E-state index is 12.6. The van der Waals surface area contributed by atoms with Crippen LogP contribution < -0.4 is 10.1 Å². The molecular weight excluding hydrogens is 911 g/mol. The lowest BCUT2D eigenvalue weighted by molar-refractivity contribution is 0.416. The number of nitrogens with zero attached hydrogens (tertiary/aromatic N) is 4. The van der Waals surface area contributed by atoms with Gasteiger partial charge in [0.15, 0.2) is 5.75 Å². The van der Waals surface area contributed by atoms with Crippen molar-refractivity contribution in [1.82, 2.24) is 0 Å². The Morgan fingerprint density at radius 1 is 0.508 bits per heavy atom. The third-order valence-corrected chi connectivity index (χ3v) is 12.8. The zero-order chi connectivity index (χ0) is 46.0. The predicted molar refractivity (Wildman–Crippen MR) is 225 cm³/mol. The van der Waals surface area contributed by atoms with E-state index in [1.54, 1.807) is 6.07 Å². The number of methoxy groups -OCH3 is 1. The van der Waals surface area contributed by atoms with Crippen LogP contribution in [0, 0.1) is 6.92 Å². The normalized spacial score (nSPS) is 12.9. The maximum atomic E-state index is 12.6. The molecule has 0 heterocycles. The summed E-state index contributed by atoms with van der Waals surface area (Å²) in [7, 11) is -18.2. The molecule has 0 atom stereocenters. The molecule has 0 saturated carbocycles. The molecule has 326 valence electrons. The maximum Gasteiger partial charge on any atom is 0.296 e. The molecule has 7 aromatic carbocycles. The first kappa shape index (κ1) is 44.2. The molecule has 0 radical (unpaired) electrons. The van der Waals surface area contributed by atoms with Gasteiger partial charge >= 0.3 is 0 Å². The number of phenolic OH excluding ortho intramolecular Hbond substituents is 3. The molecule has 0 spiro atoms. The summed E-state index contributed by atoms with van der Waals surface area (Å²) in [4.78, 5) is -2.89. The fourth-order valence-corrected chi connectivity index (χ4v) is 8.72. The SMILES string of the molecule is COc1cc(N=Nc2cc(S(=O)(=O)O)cc3cc(S(=O)(=O)O)cc(O)c23)c(C)cc1N=Nc1c(S(=O)(=O)O)cc2cc(Nc3ccc4c(O)cc(S(=O)(=O)O)cc4c3)ccc2c1O. The minimum atomic E-state index is -5.07. The van der Waals surface area contributed by atoms with Crippen molar-refractivity contribution in [3.05, 3.63) is 96.6 Å². The first-order valence-electron chi connectivity index (χ1n) is 17.4. The van der Waals surface area contributed by atoms with Gasteiger partial charge in [0.2, 0.25) is 0 Å². The number of ether oxygens (including phenoxy) is 1. The smallest absolute Gasteiger partial charge is 0.296 e. The van der Waals surface area contributed by atoms with Crippen molar-refractivity contribution < 1.29 is 71.9 Å². The van der Waals surface area contributed by atoms with Crippen molar-refractivity contribution in [2.45, 2.75) is 26.5 Å². The van der Waals surface area contributed by atoms with Gasteiger partial charge in [-0.2, -0.15) is 38.8 Å². The molecule has 7 aromatic rings. The number of azo groups is 2.